The molecule has 0 aliphatic carbocycles. The molecule has 172 valence electrons. The van der Waals surface area contributed by atoms with E-state index in [-0.39, 0.29) is 18.4 Å². The molecule has 1 N–H and O–H groups in total. The standard InChI is InChI=1S/C25H26N2O4S2/c1-4-13-27-24(29)22(33-25(27)32)15-18-9-12-20(21(14-18)30-6-3)31-16-23(28)26-19-10-7-17(5-2)8-11-19/h4,7-12,14-15H,1,5-6,13,16H2,2-3H3,(H,26,28)/b22-15-. The van der Waals surface area contributed by atoms with Crippen molar-refractivity contribution in [2.75, 3.05) is 25.1 Å². The molecule has 0 spiro atoms. The van der Waals surface area contributed by atoms with E-state index in [1.807, 2.05) is 31.2 Å². The van der Waals surface area contributed by atoms with Crippen LogP contribution in [0.5, 0.6) is 11.5 Å². The number of carbonyl (C=O) groups is 2. The summed E-state index contributed by atoms with van der Waals surface area (Å²) in [6.45, 7) is 8.26. The van der Waals surface area contributed by atoms with Crippen LogP contribution in [0.2, 0.25) is 0 Å². The minimum Gasteiger partial charge on any atom is -0.490 e. The first-order valence-corrected chi connectivity index (χ1v) is 11.8. The highest BCUT2D eigenvalue weighted by Gasteiger charge is 2.31. The summed E-state index contributed by atoms with van der Waals surface area (Å²) in [5, 5.41) is 2.82. The van der Waals surface area contributed by atoms with Gasteiger partial charge in [-0.2, -0.15) is 0 Å². The average Bonchev–Trinajstić information content (AvgIpc) is 3.07. The third kappa shape index (κ3) is 6.46. The van der Waals surface area contributed by atoms with Crippen molar-refractivity contribution < 1.29 is 19.1 Å². The molecule has 3 rings (SSSR count). The fourth-order valence-electron chi connectivity index (χ4n) is 3.10. The smallest absolute Gasteiger partial charge is 0.266 e. The van der Waals surface area contributed by atoms with Gasteiger partial charge in [-0.1, -0.05) is 55.2 Å². The fraction of sp³-hybridized carbons (Fsp3) is 0.240. The lowest BCUT2D eigenvalue weighted by Gasteiger charge is -2.13. The first-order chi connectivity index (χ1) is 15.9. The number of amides is 2. The molecular formula is C25H26N2O4S2. The Hall–Kier alpha value is -3.10. The van der Waals surface area contributed by atoms with Crippen molar-refractivity contribution >= 4 is 51.9 Å². The number of hydrogen-bond acceptors (Lipinski definition) is 6. The molecule has 2 aromatic carbocycles. The number of thioether (sulfide) groups is 1. The Balaban J connectivity index is 1.68. The van der Waals surface area contributed by atoms with Gasteiger partial charge in [0.1, 0.15) is 4.32 Å². The van der Waals surface area contributed by atoms with Gasteiger partial charge in [-0.15, -0.1) is 6.58 Å². The van der Waals surface area contributed by atoms with Crippen molar-refractivity contribution in [3.05, 3.63) is 71.2 Å². The number of anilines is 1. The van der Waals surface area contributed by atoms with E-state index in [9.17, 15) is 9.59 Å². The highest BCUT2D eigenvalue weighted by atomic mass is 32.2. The number of nitrogens with zero attached hydrogens (tertiary/aromatic N) is 1. The van der Waals surface area contributed by atoms with Crippen molar-refractivity contribution in [3.63, 3.8) is 0 Å². The minimum absolute atomic E-state index is 0.146. The van der Waals surface area contributed by atoms with Crippen molar-refractivity contribution in [1.82, 2.24) is 4.90 Å². The maximum atomic E-state index is 12.6. The molecule has 1 aliphatic rings. The summed E-state index contributed by atoms with van der Waals surface area (Å²) in [6.07, 6.45) is 4.35. The second-order valence-corrected chi connectivity index (χ2v) is 8.78. The van der Waals surface area contributed by atoms with Crippen molar-refractivity contribution in [2.24, 2.45) is 0 Å². The maximum Gasteiger partial charge on any atom is 0.266 e. The second-order valence-electron chi connectivity index (χ2n) is 7.11. The number of thiocarbonyl (C=S) groups is 1. The van der Waals surface area contributed by atoms with Gasteiger partial charge in [0.05, 0.1) is 11.5 Å². The number of benzene rings is 2. The summed E-state index contributed by atoms with van der Waals surface area (Å²) in [5.74, 6) is 0.529. The van der Waals surface area contributed by atoms with Crippen LogP contribution in [0.3, 0.4) is 0 Å². The molecular weight excluding hydrogens is 456 g/mol. The number of nitrogens with one attached hydrogen (secondary N) is 1. The van der Waals surface area contributed by atoms with Crippen molar-refractivity contribution in [1.29, 1.82) is 0 Å². The molecule has 0 saturated carbocycles. The molecule has 0 radical (unpaired) electrons. The van der Waals surface area contributed by atoms with Crippen LogP contribution in [-0.4, -0.2) is 40.8 Å². The summed E-state index contributed by atoms with van der Waals surface area (Å²) >= 11 is 6.53. The average molecular weight is 483 g/mol. The molecule has 1 heterocycles. The van der Waals surface area contributed by atoms with Gasteiger partial charge in [0, 0.05) is 12.2 Å². The molecule has 6 nitrogen and oxygen atoms in total. The van der Waals surface area contributed by atoms with Crippen LogP contribution in [0.4, 0.5) is 5.69 Å². The molecule has 0 unspecified atom stereocenters. The predicted molar refractivity (Wildman–Crippen MR) is 138 cm³/mol. The zero-order chi connectivity index (χ0) is 23.8. The van der Waals surface area contributed by atoms with Crippen LogP contribution in [0.15, 0.2) is 60.0 Å². The third-order valence-electron chi connectivity index (χ3n) is 4.76. The summed E-state index contributed by atoms with van der Waals surface area (Å²) in [6, 6.07) is 13.0. The molecule has 1 fully saturated rings. The Labute approximate surface area is 203 Å². The number of ether oxygens (including phenoxy) is 2. The zero-order valence-electron chi connectivity index (χ0n) is 18.6. The lowest BCUT2D eigenvalue weighted by Crippen LogP contribution is -2.27. The minimum atomic E-state index is -0.267. The van der Waals surface area contributed by atoms with Crippen molar-refractivity contribution in [2.45, 2.75) is 20.3 Å². The monoisotopic (exact) mass is 482 g/mol. The van der Waals surface area contributed by atoms with Gasteiger partial charge in [0.15, 0.2) is 18.1 Å². The van der Waals surface area contributed by atoms with Crippen molar-refractivity contribution in [3.8, 4) is 11.5 Å². The Kier molecular flexibility index (Phi) is 8.68. The molecule has 2 amide bonds. The van der Waals surface area contributed by atoms with Gasteiger partial charge in [0.2, 0.25) is 0 Å². The SMILES string of the molecule is C=CCN1C(=O)/C(=C/c2ccc(OCC(=O)Nc3ccc(CC)cc3)c(OCC)c2)SC1=S. The predicted octanol–water partition coefficient (Wildman–Crippen LogP) is 5.05. The Morgan fingerprint density at radius 1 is 1.15 bits per heavy atom. The lowest BCUT2D eigenvalue weighted by molar-refractivity contribution is -0.121. The van der Waals surface area contributed by atoms with Crippen LogP contribution in [0, 0.1) is 0 Å². The molecule has 33 heavy (non-hydrogen) atoms. The van der Waals surface area contributed by atoms with Crippen LogP contribution in [0.1, 0.15) is 25.0 Å². The molecule has 2 aromatic rings. The molecule has 0 atom stereocenters. The van der Waals surface area contributed by atoms with Gasteiger partial charge in [-0.3, -0.25) is 14.5 Å². The van der Waals surface area contributed by atoms with Crippen LogP contribution < -0.4 is 14.8 Å². The molecule has 1 aliphatic heterocycles. The van der Waals surface area contributed by atoms with Gasteiger partial charge in [-0.05, 0) is 54.8 Å². The van der Waals surface area contributed by atoms with Crippen LogP contribution >= 0.6 is 24.0 Å². The van der Waals surface area contributed by atoms with E-state index in [1.165, 1.54) is 22.2 Å². The molecule has 0 bridgehead atoms. The van der Waals surface area contributed by atoms with E-state index in [0.29, 0.717) is 33.9 Å². The van der Waals surface area contributed by atoms with Gasteiger partial charge in [-0.25, -0.2) is 0 Å². The van der Waals surface area contributed by atoms with E-state index < -0.39 is 0 Å². The maximum absolute atomic E-state index is 12.6. The summed E-state index contributed by atoms with van der Waals surface area (Å²) in [4.78, 5) is 26.9. The second kappa shape index (κ2) is 11.7. The number of hydrogen-bond donors (Lipinski definition) is 1. The van der Waals surface area contributed by atoms with E-state index in [1.54, 1.807) is 30.4 Å². The molecule has 0 aromatic heterocycles. The van der Waals surface area contributed by atoms with E-state index >= 15 is 0 Å². The normalized spacial score (nSPS) is 14.5. The first kappa shape index (κ1) is 24.5. The number of carbonyl (C=O) groups excluding carboxylic acids is 2. The third-order valence-corrected chi connectivity index (χ3v) is 6.13. The highest BCUT2D eigenvalue weighted by Crippen LogP contribution is 2.34. The Morgan fingerprint density at radius 2 is 1.91 bits per heavy atom. The van der Waals surface area contributed by atoms with E-state index in [0.717, 1.165) is 17.7 Å². The number of rotatable bonds is 10. The van der Waals surface area contributed by atoms with Gasteiger partial charge >= 0.3 is 0 Å². The highest BCUT2D eigenvalue weighted by molar-refractivity contribution is 8.26. The molecule has 8 heteroatoms. The summed E-state index contributed by atoms with van der Waals surface area (Å²) in [5.41, 5.74) is 2.69. The van der Waals surface area contributed by atoms with Crippen LogP contribution in [0.25, 0.3) is 6.08 Å². The quantitative estimate of drug-likeness (QED) is 0.290. The first-order valence-electron chi connectivity index (χ1n) is 10.6. The summed E-state index contributed by atoms with van der Waals surface area (Å²) in [7, 11) is 0. The van der Waals surface area contributed by atoms with Crippen LogP contribution in [-0.2, 0) is 16.0 Å². The fourth-order valence-corrected chi connectivity index (χ4v) is 4.38. The summed E-state index contributed by atoms with van der Waals surface area (Å²) < 4.78 is 11.9. The zero-order valence-corrected chi connectivity index (χ0v) is 20.3. The lowest BCUT2D eigenvalue weighted by atomic mass is 10.1. The Morgan fingerprint density at radius 3 is 2.58 bits per heavy atom. The largest absolute Gasteiger partial charge is 0.490 e. The van der Waals surface area contributed by atoms with E-state index in [2.05, 4.69) is 18.8 Å². The topological polar surface area (TPSA) is 67.9 Å². The van der Waals surface area contributed by atoms with Gasteiger partial charge in [0.25, 0.3) is 11.8 Å². The molecule has 1 saturated heterocycles. The Bertz CT molecular complexity index is 1080. The number of aryl methyl sites for hydroxylation is 1. The van der Waals surface area contributed by atoms with Gasteiger partial charge < -0.3 is 14.8 Å². The van der Waals surface area contributed by atoms with E-state index in [4.69, 9.17) is 21.7 Å².